The van der Waals surface area contributed by atoms with E-state index >= 15 is 0 Å². The highest BCUT2D eigenvalue weighted by Crippen LogP contribution is 2.43. The predicted molar refractivity (Wildman–Crippen MR) is 43.0 cm³/mol. The maximum absolute atomic E-state index is 3.62. The highest BCUT2D eigenvalue weighted by atomic mass is 15.1. The molecule has 58 valence electrons. The Morgan fingerprint density at radius 1 is 1.50 bits per heavy atom. The van der Waals surface area contributed by atoms with Crippen molar-refractivity contribution in [2.75, 3.05) is 6.54 Å². The largest absolute Gasteiger partial charge is 0.311 e. The van der Waals surface area contributed by atoms with Crippen molar-refractivity contribution in [1.29, 1.82) is 0 Å². The predicted octanol–water partition coefficient (Wildman–Crippen LogP) is 1.93. The topological polar surface area (TPSA) is 12.0 Å². The summed E-state index contributed by atoms with van der Waals surface area (Å²) < 4.78 is 0. The Labute approximate surface area is 63.2 Å². The molecule has 1 heterocycles. The van der Waals surface area contributed by atoms with Crippen molar-refractivity contribution < 1.29 is 0 Å². The van der Waals surface area contributed by atoms with Gasteiger partial charge in [-0.3, -0.25) is 0 Å². The summed E-state index contributed by atoms with van der Waals surface area (Å²) >= 11 is 0. The third-order valence-corrected chi connectivity index (χ3v) is 3.50. The molecule has 0 aromatic rings. The van der Waals surface area contributed by atoms with Crippen LogP contribution in [0.15, 0.2) is 0 Å². The highest BCUT2D eigenvalue weighted by molar-refractivity contribution is 5.04. The van der Waals surface area contributed by atoms with Gasteiger partial charge in [-0.15, -0.1) is 0 Å². The van der Waals surface area contributed by atoms with Gasteiger partial charge in [-0.2, -0.15) is 0 Å². The molecule has 0 bridgehead atoms. The van der Waals surface area contributed by atoms with Gasteiger partial charge in [0.2, 0.25) is 0 Å². The number of rotatable bonds is 1. The lowest BCUT2D eigenvalue weighted by molar-refractivity contribution is 0.145. The fourth-order valence-electron chi connectivity index (χ4n) is 2.75. The molecule has 0 radical (unpaired) electrons. The summed E-state index contributed by atoms with van der Waals surface area (Å²) in [6.45, 7) is 3.61. The summed E-state index contributed by atoms with van der Waals surface area (Å²) in [5, 5.41) is 3.62. The summed E-state index contributed by atoms with van der Waals surface area (Å²) in [5.41, 5.74) is 0.634. The molecule has 1 spiro atoms. The average molecular weight is 139 g/mol. The number of nitrogens with one attached hydrogen (secondary N) is 1. The Balaban J connectivity index is 2.05. The van der Waals surface area contributed by atoms with Crippen LogP contribution in [0.5, 0.6) is 0 Å². The van der Waals surface area contributed by atoms with Crippen molar-refractivity contribution in [3.63, 3.8) is 0 Å². The summed E-state index contributed by atoms with van der Waals surface area (Å²) in [7, 11) is 0. The maximum atomic E-state index is 3.62. The average Bonchev–Trinajstić information content (AvgIpc) is 2.27. The molecule has 1 N–H and O–H groups in total. The van der Waals surface area contributed by atoms with Crippen LogP contribution in [0.3, 0.4) is 0 Å². The van der Waals surface area contributed by atoms with Gasteiger partial charge in [-0.25, -0.2) is 0 Å². The first-order chi connectivity index (χ1) is 4.87. The van der Waals surface area contributed by atoms with Crippen LogP contribution in [0.25, 0.3) is 0 Å². The molecule has 2 fully saturated rings. The summed E-state index contributed by atoms with van der Waals surface area (Å²) in [6, 6.07) is 0. The molecule has 1 aliphatic carbocycles. The van der Waals surface area contributed by atoms with E-state index in [0.29, 0.717) is 5.54 Å². The fourth-order valence-corrected chi connectivity index (χ4v) is 2.75. The van der Waals surface area contributed by atoms with E-state index in [-0.39, 0.29) is 0 Å². The Bertz CT molecular complexity index is 127. The zero-order valence-electron chi connectivity index (χ0n) is 6.82. The van der Waals surface area contributed by atoms with E-state index in [0.717, 1.165) is 5.92 Å². The van der Waals surface area contributed by atoms with E-state index in [1.165, 1.54) is 38.6 Å². The van der Waals surface area contributed by atoms with E-state index in [2.05, 4.69) is 12.2 Å². The molecule has 1 nitrogen and oxygen atoms in total. The van der Waals surface area contributed by atoms with Crippen LogP contribution in [-0.2, 0) is 0 Å². The third kappa shape index (κ3) is 0.731. The molecule has 1 saturated heterocycles. The van der Waals surface area contributed by atoms with Gasteiger partial charge < -0.3 is 5.32 Å². The lowest BCUT2D eigenvalue weighted by atomic mass is 9.77. The minimum absolute atomic E-state index is 0.634. The molecule has 2 rings (SSSR count). The van der Waals surface area contributed by atoms with Crippen molar-refractivity contribution in [2.24, 2.45) is 5.92 Å². The maximum Gasteiger partial charge on any atom is 0.0221 e. The molecule has 2 aliphatic rings. The second kappa shape index (κ2) is 2.23. The minimum atomic E-state index is 0.634. The zero-order chi connectivity index (χ0) is 7.03. The normalized spacial score (nSPS) is 45.9. The van der Waals surface area contributed by atoms with Crippen LogP contribution in [-0.4, -0.2) is 12.1 Å². The smallest absolute Gasteiger partial charge is 0.0221 e. The van der Waals surface area contributed by atoms with E-state index in [1.807, 2.05) is 0 Å². The number of hydrogen-bond acceptors (Lipinski definition) is 1. The molecule has 0 aromatic heterocycles. The Hall–Kier alpha value is -0.0400. The lowest BCUT2D eigenvalue weighted by Crippen LogP contribution is -2.58. The van der Waals surface area contributed by atoms with Gasteiger partial charge in [0.1, 0.15) is 0 Å². The van der Waals surface area contributed by atoms with E-state index in [9.17, 15) is 0 Å². The Kier molecular flexibility index (Phi) is 1.48. The number of hydrogen-bond donors (Lipinski definition) is 1. The lowest BCUT2D eigenvalue weighted by Gasteiger charge is -2.45. The van der Waals surface area contributed by atoms with E-state index < -0.39 is 0 Å². The first kappa shape index (κ1) is 6.66. The van der Waals surface area contributed by atoms with Gasteiger partial charge in [-0.05, 0) is 31.7 Å². The van der Waals surface area contributed by atoms with Gasteiger partial charge in [0, 0.05) is 5.54 Å². The summed E-state index contributed by atoms with van der Waals surface area (Å²) in [5.74, 6) is 1.00. The summed E-state index contributed by atoms with van der Waals surface area (Å²) in [4.78, 5) is 0. The second-order valence-electron chi connectivity index (χ2n) is 3.83. The standard InChI is InChI=1S/C9H17N/c1-2-8-4-3-5-9(8)6-7-10-9/h8,10H,2-7H2,1H3. The van der Waals surface area contributed by atoms with Gasteiger partial charge in [0.15, 0.2) is 0 Å². The molecule has 1 heteroatoms. The van der Waals surface area contributed by atoms with Crippen LogP contribution in [0.4, 0.5) is 0 Å². The van der Waals surface area contributed by atoms with Gasteiger partial charge in [-0.1, -0.05) is 19.8 Å². The van der Waals surface area contributed by atoms with Gasteiger partial charge in [0.25, 0.3) is 0 Å². The van der Waals surface area contributed by atoms with Gasteiger partial charge >= 0.3 is 0 Å². The molecule has 0 aromatic carbocycles. The van der Waals surface area contributed by atoms with Crippen LogP contribution >= 0.6 is 0 Å². The van der Waals surface area contributed by atoms with Crippen LogP contribution < -0.4 is 5.32 Å². The van der Waals surface area contributed by atoms with Gasteiger partial charge in [0.05, 0.1) is 0 Å². The SMILES string of the molecule is CCC1CCCC12CCN2. The highest BCUT2D eigenvalue weighted by Gasteiger charge is 2.45. The Morgan fingerprint density at radius 2 is 2.30 bits per heavy atom. The zero-order valence-corrected chi connectivity index (χ0v) is 6.82. The molecule has 1 saturated carbocycles. The van der Waals surface area contributed by atoms with Crippen LogP contribution in [0.1, 0.15) is 39.0 Å². The first-order valence-electron chi connectivity index (χ1n) is 4.62. The molecule has 2 unspecified atom stereocenters. The Morgan fingerprint density at radius 3 is 2.70 bits per heavy atom. The molecule has 2 atom stereocenters. The van der Waals surface area contributed by atoms with E-state index in [4.69, 9.17) is 0 Å². The molecule has 10 heavy (non-hydrogen) atoms. The summed E-state index contributed by atoms with van der Waals surface area (Å²) in [6.07, 6.45) is 7.22. The molecule has 0 amide bonds. The fraction of sp³-hybridized carbons (Fsp3) is 1.00. The third-order valence-electron chi connectivity index (χ3n) is 3.50. The first-order valence-corrected chi connectivity index (χ1v) is 4.62. The van der Waals surface area contributed by atoms with Crippen LogP contribution in [0, 0.1) is 5.92 Å². The minimum Gasteiger partial charge on any atom is -0.311 e. The van der Waals surface area contributed by atoms with Crippen molar-refractivity contribution >= 4 is 0 Å². The van der Waals surface area contributed by atoms with Crippen molar-refractivity contribution in [2.45, 2.75) is 44.6 Å². The second-order valence-corrected chi connectivity index (χ2v) is 3.83. The van der Waals surface area contributed by atoms with Crippen molar-refractivity contribution in [3.05, 3.63) is 0 Å². The molecular weight excluding hydrogens is 122 g/mol. The quantitative estimate of drug-likeness (QED) is 0.585. The van der Waals surface area contributed by atoms with Crippen molar-refractivity contribution in [3.8, 4) is 0 Å². The van der Waals surface area contributed by atoms with Crippen molar-refractivity contribution in [1.82, 2.24) is 5.32 Å². The van der Waals surface area contributed by atoms with E-state index in [1.54, 1.807) is 0 Å². The monoisotopic (exact) mass is 139 g/mol. The van der Waals surface area contributed by atoms with Crippen LogP contribution in [0.2, 0.25) is 0 Å². The molecule has 1 aliphatic heterocycles. The molecular formula is C9H17N.